The van der Waals surface area contributed by atoms with Crippen molar-refractivity contribution >= 4 is 26.5 Å². The Morgan fingerprint density at radius 1 is 1.30 bits per heavy atom. The van der Waals surface area contributed by atoms with E-state index in [9.17, 15) is 4.79 Å². The van der Waals surface area contributed by atoms with Crippen LogP contribution in [0.3, 0.4) is 0 Å². The van der Waals surface area contributed by atoms with Crippen LogP contribution >= 0.6 is 0 Å². The smallest absolute Gasteiger partial charge is 0.412 e. The number of pyridine rings is 1. The summed E-state index contributed by atoms with van der Waals surface area (Å²) in [5.41, 5.74) is 2.15. The number of nitrogens with zero attached hydrogens (tertiary/aromatic N) is 1. The fourth-order valence-corrected chi connectivity index (χ4v) is 4.36. The van der Waals surface area contributed by atoms with Crippen molar-refractivity contribution in [3.63, 3.8) is 0 Å². The molecule has 151 valence electrons. The molecule has 1 aromatic heterocycles. The number of ether oxygens (including phenoxy) is 1. The molecule has 0 fully saturated rings. The molecule has 6 nitrogen and oxygen atoms in total. The maximum absolute atomic E-state index is 12.0. The predicted octanol–water partition coefficient (Wildman–Crippen LogP) is 4.70. The summed E-state index contributed by atoms with van der Waals surface area (Å²) in [6.45, 7) is 17.4. The Balaban J connectivity index is 2.09. The van der Waals surface area contributed by atoms with Crippen molar-refractivity contribution in [1.82, 2.24) is 4.98 Å². The molecule has 2 atom stereocenters. The molecule has 1 aliphatic rings. The van der Waals surface area contributed by atoms with Crippen LogP contribution in [0.25, 0.3) is 0 Å². The number of anilines is 2. The Morgan fingerprint density at radius 3 is 2.52 bits per heavy atom. The van der Waals surface area contributed by atoms with Crippen molar-refractivity contribution in [2.45, 2.75) is 72.8 Å². The zero-order valence-corrected chi connectivity index (χ0v) is 18.9. The van der Waals surface area contributed by atoms with Crippen molar-refractivity contribution < 1.29 is 14.0 Å². The van der Waals surface area contributed by atoms with Gasteiger partial charge in [-0.1, -0.05) is 20.8 Å². The molecule has 0 aliphatic carbocycles. The number of nitrogens with one attached hydrogen (secondary N) is 2. The van der Waals surface area contributed by atoms with Gasteiger partial charge in [-0.25, -0.2) is 4.79 Å². The minimum absolute atomic E-state index is 0.0734. The van der Waals surface area contributed by atoms with E-state index >= 15 is 0 Å². The van der Waals surface area contributed by atoms with Gasteiger partial charge in [0.1, 0.15) is 5.60 Å². The maximum atomic E-state index is 12.0. The van der Waals surface area contributed by atoms with E-state index in [-0.39, 0.29) is 11.5 Å². The van der Waals surface area contributed by atoms with E-state index in [4.69, 9.17) is 9.16 Å². The Bertz CT molecular complexity index is 665. The molecule has 7 heteroatoms. The van der Waals surface area contributed by atoms with Gasteiger partial charge in [0.25, 0.3) is 0 Å². The molecular formula is C20H34N3O3Si. The van der Waals surface area contributed by atoms with Crippen LogP contribution < -0.4 is 10.6 Å². The molecule has 0 aromatic carbocycles. The van der Waals surface area contributed by atoms with Crippen LogP contribution in [-0.2, 0) is 15.6 Å². The summed E-state index contributed by atoms with van der Waals surface area (Å²) in [5.74, 6) is 0.370. The third-order valence-electron chi connectivity index (χ3n) is 4.27. The first-order valence-corrected chi connectivity index (χ1v) is 12.0. The van der Waals surface area contributed by atoms with E-state index in [2.05, 4.69) is 49.5 Å². The van der Waals surface area contributed by atoms with Crippen molar-refractivity contribution in [3.8, 4) is 0 Å². The van der Waals surface area contributed by atoms with Crippen LogP contribution in [0.1, 0.15) is 47.2 Å². The van der Waals surface area contributed by atoms with E-state index in [1.165, 1.54) is 0 Å². The van der Waals surface area contributed by atoms with Gasteiger partial charge < -0.3 is 14.5 Å². The van der Waals surface area contributed by atoms with Gasteiger partial charge in [0.15, 0.2) is 0 Å². The number of hydrogen-bond acceptors (Lipinski definition) is 5. The minimum Gasteiger partial charge on any atom is -0.444 e. The lowest BCUT2D eigenvalue weighted by Gasteiger charge is -2.40. The van der Waals surface area contributed by atoms with Crippen LogP contribution in [0.2, 0.25) is 13.1 Å². The second-order valence-corrected chi connectivity index (χ2v) is 11.6. The molecule has 1 amide bonds. The third kappa shape index (κ3) is 6.50. The molecule has 1 radical (unpaired) electrons. The van der Waals surface area contributed by atoms with Gasteiger partial charge in [-0.15, -0.1) is 0 Å². The first-order chi connectivity index (χ1) is 12.3. The summed E-state index contributed by atoms with van der Waals surface area (Å²) in [7, 11) is -0.785. The first kappa shape index (κ1) is 21.7. The summed E-state index contributed by atoms with van der Waals surface area (Å²) < 4.78 is 11.6. The van der Waals surface area contributed by atoms with E-state index in [1.807, 2.05) is 26.8 Å². The van der Waals surface area contributed by atoms with E-state index in [0.29, 0.717) is 11.6 Å². The summed E-state index contributed by atoms with van der Waals surface area (Å²) in [5, 5.41) is 6.23. The van der Waals surface area contributed by atoms with Crippen LogP contribution in [-0.4, -0.2) is 38.4 Å². The molecule has 1 aliphatic heterocycles. The van der Waals surface area contributed by atoms with Crippen molar-refractivity contribution in [2.75, 3.05) is 17.2 Å². The fourth-order valence-electron chi connectivity index (χ4n) is 3.31. The number of hydrogen-bond donors (Lipinski definition) is 2. The van der Waals surface area contributed by atoms with Gasteiger partial charge >= 0.3 is 6.09 Å². The zero-order valence-electron chi connectivity index (χ0n) is 17.9. The summed E-state index contributed by atoms with van der Waals surface area (Å²) in [6, 6.07) is 1.92. The lowest BCUT2D eigenvalue weighted by atomic mass is 9.78. The second-order valence-electron chi connectivity index (χ2n) is 9.50. The molecule has 0 spiro atoms. The second kappa shape index (κ2) is 8.18. The number of amides is 1. The Hall–Kier alpha value is -1.60. The highest BCUT2D eigenvalue weighted by Gasteiger charge is 2.36. The van der Waals surface area contributed by atoms with Crippen molar-refractivity contribution in [3.05, 3.63) is 18.0 Å². The van der Waals surface area contributed by atoms with E-state index < -0.39 is 20.7 Å². The minimum atomic E-state index is -0.785. The molecule has 27 heavy (non-hydrogen) atoms. The van der Waals surface area contributed by atoms with E-state index in [1.54, 1.807) is 6.20 Å². The van der Waals surface area contributed by atoms with Gasteiger partial charge in [-0.2, -0.15) is 0 Å². The molecule has 0 saturated carbocycles. The predicted molar refractivity (Wildman–Crippen MR) is 112 cm³/mol. The summed E-state index contributed by atoms with van der Waals surface area (Å²) in [4.78, 5) is 16.5. The zero-order chi connectivity index (χ0) is 20.4. The normalized spacial score (nSPS) is 18.5. The number of carbonyl (C=O) groups is 1. The molecule has 0 saturated heterocycles. The number of aromatic nitrogens is 1. The van der Waals surface area contributed by atoms with E-state index in [0.717, 1.165) is 24.3 Å². The Morgan fingerprint density at radius 2 is 1.96 bits per heavy atom. The standard InChI is InChI=1S/C20H34N3O3Si/c1-19(2,3)17(26-27(7)8)13-9-15-16(21-11-13)10-14(12-22-15)23-18(24)25-20(4,5)6/h10,12-13,17,21H,9,11H2,1-8H3,(H,23,24). The maximum Gasteiger partial charge on any atom is 0.412 e. The highest BCUT2D eigenvalue weighted by molar-refractivity contribution is 6.48. The fraction of sp³-hybridized carbons (Fsp3) is 0.700. The highest BCUT2D eigenvalue weighted by Crippen LogP contribution is 2.35. The quantitative estimate of drug-likeness (QED) is 0.727. The topological polar surface area (TPSA) is 72.5 Å². The average Bonchev–Trinajstić information content (AvgIpc) is 2.49. The van der Waals surface area contributed by atoms with Gasteiger partial charge in [0, 0.05) is 12.5 Å². The largest absolute Gasteiger partial charge is 0.444 e. The van der Waals surface area contributed by atoms with Crippen LogP contribution in [0, 0.1) is 11.3 Å². The average molecular weight is 393 g/mol. The Kier molecular flexibility index (Phi) is 6.58. The molecule has 0 bridgehead atoms. The van der Waals surface area contributed by atoms with Crippen molar-refractivity contribution in [2.24, 2.45) is 11.3 Å². The SMILES string of the molecule is C[Si](C)OC(C1CNc2cc(NC(=O)OC(C)(C)C)cnc2C1)C(C)(C)C. The molecule has 2 rings (SSSR count). The molecule has 2 N–H and O–H groups in total. The molecule has 1 aromatic rings. The molecule has 2 unspecified atom stereocenters. The van der Waals surface area contributed by atoms with Crippen LogP contribution in [0.4, 0.5) is 16.2 Å². The van der Waals surface area contributed by atoms with Crippen LogP contribution in [0.5, 0.6) is 0 Å². The lowest BCUT2D eigenvalue weighted by molar-refractivity contribution is 0.0360. The Labute approximate surface area is 165 Å². The number of rotatable bonds is 4. The highest BCUT2D eigenvalue weighted by atomic mass is 28.3. The molecular weight excluding hydrogens is 358 g/mol. The monoisotopic (exact) mass is 392 g/mol. The van der Waals surface area contributed by atoms with Crippen LogP contribution in [0.15, 0.2) is 12.3 Å². The number of carbonyl (C=O) groups excluding carboxylic acids is 1. The van der Waals surface area contributed by atoms with Gasteiger partial charge in [0.05, 0.1) is 29.4 Å². The summed E-state index contributed by atoms with van der Waals surface area (Å²) in [6.07, 6.45) is 2.27. The first-order valence-electron chi connectivity index (χ1n) is 9.55. The van der Waals surface area contributed by atoms with Gasteiger partial charge in [-0.3, -0.25) is 10.3 Å². The lowest BCUT2D eigenvalue weighted by Crippen LogP contribution is -2.44. The third-order valence-corrected chi connectivity index (χ3v) is 5.00. The van der Waals surface area contributed by atoms with Gasteiger partial charge in [-0.05, 0) is 51.8 Å². The molecule has 2 heterocycles. The summed E-state index contributed by atoms with van der Waals surface area (Å²) >= 11 is 0. The van der Waals surface area contributed by atoms with Crippen molar-refractivity contribution in [1.29, 1.82) is 0 Å². The number of fused-ring (bicyclic) bond motifs is 1. The van der Waals surface area contributed by atoms with Gasteiger partial charge in [0.2, 0.25) is 9.04 Å².